The summed E-state index contributed by atoms with van der Waals surface area (Å²) >= 11 is 0. The number of hydrogen-bond donors (Lipinski definition) is 1. The topological polar surface area (TPSA) is 96.0 Å². The Bertz CT molecular complexity index is 766. The number of ether oxygens (including phenoxy) is 1. The smallest absolute Gasteiger partial charge is 0.279 e. The van der Waals surface area contributed by atoms with Gasteiger partial charge in [-0.05, 0) is 5.56 Å². The van der Waals surface area contributed by atoms with Crippen molar-refractivity contribution in [1.29, 1.82) is 0 Å². The fraction of sp³-hybridized carbons (Fsp3) is 0.600. The Labute approximate surface area is 150 Å². The zero-order chi connectivity index (χ0) is 18.7. The summed E-state index contributed by atoms with van der Waals surface area (Å²) in [5.41, 5.74) is 0.866. The Kier molecular flexibility index (Phi) is 6.57. The summed E-state index contributed by atoms with van der Waals surface area (Å²) in [5.74, 6) is -0.581. The average Bonchev–Trinajstić information content (AvgIpc) is 2.93. The Morgan fingerprint density at radius 1 is 1.08 bits per heavy atom. The lowest BCUT2D eigenvalue weighted by molar-refractivity contribution is 0.185. The second-order valence-corrected chi connectivity index (χ2v) is 10.4. The van der Waals surface area contributed by atoms with E-state index in [-0.39, 0.29) is 25.5 Å². The molecule has 0 aliphatic carbocycles. The molecule has 1 aromatic rings. The molecule has 0 unspecified atom stereocenters. The van der Waals surface area contributed by atoms with Gasteiger partial charge in [-0.15, -0.1) is 0 Å². The maximum Gasteiger partial charge on any atom is 0.279 e. The summed E-state index contributed by atoms with van der Waals surface area (Å²) in [5, 5.41) is 0. The summed E-state index contributed by atoms with van der Waals surface area (Å²) < 4.78 is 59.4. The molecule has 1 heterocycles. The standard InChI is InChI=1S/C15H25N3O5S2/c1-17(2)24(19,20)12-14-10-23-11-15(14)16-25(21,22)18(3)9-13-7-5-4-6-8-13/h4-8,14-16H,9-12H2,1-3H3/t14-,15+/m0/s1. The highest BCUT2D eigenvalue weighted by atomic mass is 32.2. The van der Waals surface area contributed by atoms with Gasteiger partial charge in [-0.1, -0.05) is 30.3 Å². The highest BCUT2D eigenvalue weighted by Gasteiger charge is 2.36. The predicted molar refractivity (Wildman–Crippen MR) is 95.5 cm³/mol. The van der Waals surface area contributed by atoms with Crippen molar-refractivity contribution in [2.75, 3.05) is 40.1 Å². The second-order valence-electron chi connectivity index (χ2n) is 6.33. The zero-order valence-electron chi connectivity index (χ0n) is 14.6. The van der Waals surface area contributed by atoms with E-state index in [1.54, 1.807) is 0 Å². The second kappa shape index (κ2) is 8.11. The molecule has 1 N–H and O–H groups in total. The third-order valence-electron chi connectivity index (χ3n) is 4.14. The molecule has 1 aromatic carbocycles. The van der Waals surface area contributed by atoms with Gasteiger partial charge in [0.2, 0.25) is 10.0 Å². The molecule has 1 aliphatic heterocycles. The molecular weight excluding hydrogens is 366 g/mol. The van der Waals surface area contributed by atoms with Crippen molar-refractivity contribution in [2.24, 2.45) is 5.92 Å². The SMILES string of the molecule is CN(C)S(=O)(=O)C[C@@H]1COC[C@H]1NS(=O)(=O)N(C)Cc1ccccc1. The number of hydrogen-bond acceptors (Lipinski definition) is 5. The van der Waals surface area contributed by atoms with Crippen molar-refractivity contribution >= 4 is 20.2 Å². The summed E-state index contributed by atoms with van der Waals surface area (Å²) in [4.78, 5) is 0. The quantitative estimate of drug-likeness (QED) is 0.665. The predicted octanol–water partition coefficient (Wildman–Crippen LogP) is -0.141. The lowest BCUT2D eigenvalue weighted by atomic mass is 10.1. The number of sulfonamides is 1. The Hall–Kier alpha value is -1.04. The highest BCUT2D eigenvalue weighted by Crippen LogP contribution is 2.19. The van der Waals surface area contributed by atoms with Gasteiger partial charge in [0.05, 0.1) is 25.0 Å². The Morgan fingerprint density at radius 3 is 2.32 bits per heavy atom. The van der Waals surface area contributed by atoms with Crippen molar-refractivity contribution in [1.82, 2.24) is 13.3 Å². The largest absolute Gasteiger partial charge is 0.379 e. The van der Waals surface area contributed by atoms with Crippen LogP contribution in [-0.2, 0) is 31.5 Å². The lowest BCUT2D eigenvalue weighted by Gasteiger charge is -2.24. The average molecular weight is 392 g/mol. The first-order valence-electron chi connectivity index (χ1n) is 7.87. The number of rotatable bonds is 8. The molecule has 0 saturated carbocycles. The van der Waals surface area contributed by atoms with Crippen LogP contribution in [0.3, 0.4) is 0 Å². The molecule has 0 aromatic heterocycles. The summed E-state index contributed by atoms with van der Waals surface area (Å²) in [6, 6.07) is 8.67. The number of nitrogens with one attached hydrogen (secondary N) is 1. The number of nitrogens with zero attached hydrogens (tertiary/aromatic N) is 2. The Balaban J connectivity index is 2.03. The van der Waals surface area contributed by atoms with E-state index in [4.69, 9.17) is 4.74 Å². The van der Waals surface area contributed by atoms with Crippen molar-refractivity contribution < 1.29 is 21.6 Å². The van der Waals surface area contributed by atoms with Crippen LogP contribution >= 0.6 is 0 Å². The minimum absolute atomic E-state index is 0.157. The van der Waals surface area contributed by atoms with Crippen LogP contribution in [0.2, 0.25) is 0 Å². The van der Waals surface area contributed by atoms with Crippen LogP contribution in [-0.4, -0.2) is 71.6 Å². The van der Waals surface area contributed by atoms with Crippen LogP contribution in [0, 0.1) is 5.92 Å². The molecule has 0 radical (unpaired) electrons. The van der Waals surface area contributed by atoms with Gasteiger partial charge in [-0.3, -0.25) is 0 Å². The van der Waals surface area contributed by atoms with E-state index < -0.39 is 32.2 Å². The molecule has 1 fully saturated rings. The third kappa shape index (κ3) is 5.47. The number of benzene rings is 1. The zero-order valence-corrected chi connectivity index (χ0v) is 16.3. The summed E-state index contributed by atoms with van der Waals surface area (Å²) in [7, 11) is -2.79. The van der Waals surface area contributed by atoms with Crippen molar-refractivity contribution in [3.8, 4) is 0 Å². The molecule has 2 rings (SSSR count). The molecular formula is C15H25N3O5S2. The highest BCUT2D eigenvalue weighted by molar-refractivity contribution is 7.89. The monoisotopic (exact) mass is 391 g/mol. The van der Waals surface area contributed by atoms with Gasteiger partial charge >= 0.3 is 0 Å². The van der Waals surface area contributed by atoms with Gasteiger partial charge in [0.1, 0.15) is 0 Å². The van der Waals surface area contributed by atoms with Gasteiger partial charge in [0.25, 0.3) is 10.2 Å². The minimum atomic E-state index is -3.76. The molecule has 142 valence electrons. The van der Waals surface area contributed by atoms with Gasteiger partial charge in [-0.2, -0.15) is 17.4 Å². The van der Waals surface area contributed by atoms with Crippen molar-refractivity contribution in [3.05, 3.63) is 35.9 Å². The molecule has 0 amide bonds. The molecule has 1 saturated heterocycles. The van der Waals surface area contributed by atoms with E-state index in [2.05, 4.69) is 4.72 Å². The van der Waals surface area contributed by atoms with Crippen LogP contribution in [0.25, 0.3) is 0 Å². The Morgan fingerprint density at radius 2 is 1.72 bits per heavy atom. The normalized spacial score (nSPS) is 22.0. The van der Waals surface area contributed by atoms with Crippen molar-refractivity contribution in [2.45, 2.75) is 12.6 Å². The van der Waals surface area contributed by atoms with Crippen LogP contribution in [0.15, 0.2) is 30.3 Å². The maximum atomic E-state index is 12.5. The van der Waals surface area contributed by atoms with Gasteiger partial charge < -0.3 is 4.74 Å². The van der Waals surface area contributed by atoms with Gasteiger partial charge in [0.15, 0.2) is 0 Å². The van der Waals surface area contributed by atoms with E-state index >= 15 is 0 Å². The molecule has 10 heteroatoms. The maximum absolute atomic E-state index is 12.5. The van der Waals surface area contributed by atoms with Gasteiger partial charge in [0, 0.05) is 33.6 Å². The van der Waals surface area contributed by atoms with Crippen LogP contribution < -0.4 is 4.72 Å². The molecule has 0 spiro atoms. The molecule has 25 heavy (non-hydrogen) atoms. The fourth-order valence-electron chi connectivity index (χ4n) is 2.52. The first-order valence-corrected chi connectivity index (χ1v) is 10.9. The first kappa shape index (κ1) is 20.3. The van der Waals surface area contributed by atoms with Crippen LogP contribution in [0.1, 0.15) is 5.56 Å². The minimum Gasteiger partial charge on any atom is -0.379 e. The van der Waals surface area contributed by atoms with Crippen LogP contribution in [0.5, 0.6) is 0 Å². The molecule has 0 bridgehead atoms. The van der Waals surface area contributed by atoms with E-state index in [0.717, 1.165) is 9.87 Å². The van der Waals surface area contributed by atoms with E-state index in [1.807, 2.05) is 30.3 Å². The third-order valence-corrected chi connectivity index (χ3v) is 7.65. The molecule has 1 aliphatic rings. The summed E-state index contributed by atoms with van der Waals surface area (Å²) in [6.07, 6.45) is 0. The van der Waals surface area contributed by atoms with Crippen molar-refractivity contribution in [3.63, 3.8) is 0 Å². The first-order chi connectivity index (χ1) is 11.6. The van der Waals surface area contributed by atoms with E-state index in [1.165, 1.54) is 25.4 Å². The molecule has 8 nitrogen and oxygen atoms in total. The molecule has 2 atom stereocenters. The summed E-state index contributed by atoms with van der Waals surface area (Å²) in [6.45, 7) is 0.596. The van der Waals surface area contributed by atoms with Crippen LogP contribution in [0.4, 0.5) is 0 Å². The van der Waals surface area contributed by atoms with E-state index in [0.29, 0.717) is 0 Å². The lowest BCUT2D eigenvalue weighted by Crippen LogP contribution is -2.48. The van der Waals surface area contributed by atoms with Gasteiger partial charge in [-0.25, -0.2) is 12.7 Å². The fourth-order valence-corrected chi connectivity index (χ4v) is 4.83. The van der Waals surface area contributed by atoms with E-state index in [9.17, 15) is 16.8 Å².